The maximum Gasteiger partial charge on any atom is 0.303 e. The van der Waals surface area contributed by atoms with Crippen molar-refractivity contribution in [2.24, 2.45) is 0 Å². The van der Waals surface area contributed by atoms with Crippen LogP contribution in [0.15, 0.2) is 22.7 Å². The maximum absolute atomic E-state index is 11.7. The van der Waals surface area contributed by atoms with Crippen molar-refractivity contribution in [2.45, 2.75) is 12.8 Å². The quantitative estimate of drug-likeness (QED) is 0.656. The molecule has 0 aliphatic heterocycles. The van der Waals surface area contributed by atoms with Gasteiger partial charge in [-0.05, 0) is 63.1 Å². The van der Waals surface area contributed by atoms with Gasteiger partial charge in [-0.25, -0.2) is 8.42 Å². The lowest BCUT2D eigenvalue weighted by Gasteiger charge is -2.09. The molecule has 0 aliphatic carbocycles. The van der Waals surface area contributed by atoms with Gasteiger partial charge < -0.3 is 5.11 Å². The van der Waals surface area contributed by atoms with E-state index in [0.717, 1.165) is 3.57 Å². The number of sulfonamides is 1. The third-order valence-electron chi connectivity index (χ3n) is 2.00. The van der Waals surface area contributed by atoms with Crippen LogP contribution in [0.5, 0.6) is 0 Å². The molecule has 0 atom stereocenters. The number of carboxylic acid groups (broad SMARTS) is 1. The summed E-state index contributed by atoms with van der Waals surface area (Å²) in [5.74, 6) is -1.21. The fraction of sp³-hybridized carbons (Fsp3) is 0.300. The second-order valence-electron chi connectivity index (χ2n) is 3.54. The molecule has 100 valence electrons. The van der Waals surface area contributed by atoms with Crippen molar-refractivity contribution >= 4 is 60.2 Å². The summed E-state index contributed by atoms with van der Waals surface area (Å²) in [6.07, 6.45) is -0.0688. The molecule has 1 rings (SSSR count). The fourth-order valence-electron chi connectivity index (χ4n) is 1.21. The number of anilines is 1. The summed E-state index contributed by atoms with van der Waals surface area (Å²) in [7, 11) is -3.52. The molecule has 0 aliphatic rings. The molecule has 0 unspecified atom stereocenters. The fourth-order valence-corrected chi connectivity index (χ4v) is 3.31. The van der Waals surface area contributed by atoms with E-state index in [-0.39, 0.29) is 18.6 Å². The average molecular weight is 448 g/mol. The molecular weight excluding hydrogens is 437 g/mol. The maximum atomic E-state index is 11.7. The van der Waals surface area contributed by atoms with Crippen molar-refractivity contribution in [1.29, 1.82) is 0 Å². The summed E-state index contributed by atoms with van der Waals surface area (Å²) in [5.41, 5.74) is 0.456. The minimum atomic E-state index is -3.52. The minimum Gasteiger partial charge on any atom is -0.481 e. The molecule has 0 spiro atoms. The number of nitrogens with one attached hydrogen (secondary N) is 1. The molecule has 2 N–H and O–H groups in total. The summed E-state index contributed by atoms with van der Waals surface area (Å²) < 4.78 is 27.4. The lowest BCUT2D eigenvalue weighted by Crippen LogP contribution is -2.17. The number of aliphatic carboxylic acids is 1. The zero-order valence-electron chi connectivity index (χ0n) is 9.19. The topological polar surface area (TPSA) is 83.5 Å². The Labute approximate surface area is 127 Å². The second-order valence-corrected chi connectivity index (χ2v) is 7.48. The molecule has 0 heterocycles. The molecule has 0 bridgehead atoms. The molecule has 0 amide bonds. The normalized spacial score (nSPS) is 11.2. The van der Waals surface area contributed by atoms with Gasteiger partial charge in [-0.3, -0.25) is 9.52 Å². The zero-order chi connectivity index (χ0) is 13.8. The molecule has 5 nitrogen and oxygen atoms in total. The van der Waals surface area contributed by atoms with Crippen molar-refractivity contribution in [3.05, 3.63) is 26.2 Å². The Kier molecular flexibility index (Phi) is 5.86. The third-order valence-corrected chi connectivity index (χ3v) is 4.72. The van der Waals surface area contributed by atoms with Gasteiger partial charge in [-0.2, -0.15) is 0 Å². The van der Waals surface area contributed by atoms with E-state index in [1.165, 1.54) is 0 Å². The highest BCUT2D eigenvalue weighted by Crippen LogP contribution is 2.25. The first-order valence-corrected chi connectivity index (χ1v) is 8.50. The number of carbonyl (C=O) groups is 1. The SMILES string of the molecule is O=C(O)CCCS(=O)(=O)Nc1cc(I)ccc1Br. The van der Waals surface area contributed by atoms with Crippen LogP contribution in [0.1, 0.15) is 12.8 Å². The first kappa shape index (κ1) is 15.7. The van der Waals surface area contributed by atoms with E-state index in [2.05, 4.69) is 43.2 Å². The number of halogens is 2. The Hall–Kier alpha value is -0.350. The predicted molar refractivity (Wildman–Crippen MR) is 81.1 cm³/mol. The van der Waals surface area contributed by atoms with Gasteiger partial charge in [0.2, 0.25) is 10.0 Å². The van der Waals surface area contributed by atoms with Gasteiger partial charge in [-0.1, -0.05) is 0 Å². The highest BCUT2D eigenvalue weighted by atomic mass is 127. The molecule has 0 fully saturated rings. The van der Waals surface area contributed by atoms with Gasteiger partial charge >= 0.3 is 5.97 Å². The average Bonchev–Trinajstić information content (AvgIpc) is 2.22. The monoisotopic (exact) mass is 447 g/mol. The van der Waals surface area contributed by atoms with Crippen LogP contribution in [-0.4, -0.2) is 25.2 Å². The van der Waals surface area contributed by atoms with Crippen molar-refractivity contribution in [3.63, 3.8) is 0 Å². The molecular formula is C10H11BrINO4S. The first-order chi connectivity index (χ1) is 8.30. The Morgan fingerprint density at radius 2 is 2.11 bits per heavy atom. The molecule has 0 saturated carbocycles. The highest BCUT2D eigenvalue weighted by molar-refractivity contribution is 14.1. The van der Waals surface area contributed by atoms with Crippen molar-refractivity contribution in [2.75, 3.05) is 10.5 Å². The number of hydrogen-bond acceptors (Lipinski definition) is 3. The molecule has 18 heavy (non-hydrogen) atoms. The zero-order valence-corrected chi connectivity index (χ0v) is 13.7. The van der Waals surface area contributed by atoms with E-state index in [1.54, 1.807) is 12.1 Å². The number of rotatable bonds is 6. The van der Waals surface area contributed by atoms with Crippen molar-refractivity contribution < 1.29 is 18.3 Å². The first-order valence-electron chi connectivity index (χ1n) is 4.97. The molecule has 1 aromatic carbocycles. The smallest absolute Gasteiger partial charge is 0.303 e. The Morgan fingerprint density at radius 3 is 2.72 bits per heavy atom. The molecule has 0 aromatic heterocycles. The van der Waals surface area contributed by atoms with Gasteiger partial charge in [0, 0.05) is 14.5 Å². The van der Waals surface area contributed by atoms with E-state index >= 15 is 0 Å². The van der Waals surface area contributed by atoms with Crippen LogP contribution in [-0.2, 0) is 14.8 Å². The predicted octanol–water partition coefficient (Wildman–Crippen LogP) is 2.66. The highest BCUT2D eigenvalue weighted by Gasteiger charge is 2.13. The van der Waals surface area contributed by atoms with Gasteiger partial charge in [-0.15, -0.1) is 0 Å². The van der Waals surface area contributed by atoms with Crippen LogP contribution >= 0.6 is 38.5 Å². The van der Waals surface area contributed by atoms with Crippen LogP contribution in [0.4, 0.5) is 5.69 Å². The molecule has 0 saturated heterocycles. The summed E-state index contributed by atoms with van der Waals surface area (Å²) in [5, 5.41) is 8.46. The summed E-state index contributed by atoms with van der Waals surface area (Å²) in [6.45, 7) is 0. The van der Waals surface area contributed by atoms with Crippen molar-refractivity contribution in [3.8, 4) is 0 Å². The van der Waals surface area contributed by atoms with Crippen molar-refractivity contribution in [1.82, 2.24) is 0 Å². The largest absolute Gasteiger partial charge is 0.481 e. The van der Waals surface area contributed by atoms with Gasteiger partial charge in [0.15, 0.2) is 0 Å². The van der Waals surface area contributed by atoms with Gasteiger partial charge in [0.1, 0.15) is 0 Å². The summed E-state index contributed by atoms with van der Waals surface area (Å²) in [6, 6.07) is 5.28. The number of carboxylic acids is 1. The van der Waals surface area contributed by atoms with Crippen LogP contribution in [0.25, 0.3) is 0 Å². The second kappa shape index (κ2) is 6.71. The van der Waals surface area contributed by atoms with Crippen LogP contribution in [0.3, 0.4) is 0 Å². The van der Waals surface area contributed by atoms with E-state index in [4.69, 9.17) is 5.11 Å². The lowest BCUT2D eigenvalue weighted by molar-refractivity contribution is -0.137. The lowest BCUT2D eigenvalue weighted by atomic mass is 10.3. The van der Waals surface area contributed by atoms with Gasteiger partial charge in [0.25, 0.3) is 0 Å². The Bertz CT molecular complexity index is 547. The molecule has 0 radical (unpaired) electrons. The van der Waals surface area contributed by atoms with E-state index < -0.39 is 16.0 Å². The third kappa shape index (κ3) is 5.53. The molecule has 8 heteroatoms. The van der Waals surface area contributed by atoms with Crippen LogP contribution in [0, 0.1) is 3.57 Å². The summed E-state index contributed by atoms with van der Waals surface area (Å²) >= 11 is 5.33. The van der Waals surface area contributed by atoms with E-state index in [9.17, 15) is 13.2 Å². The number of hydrogen-bond donors (Lipinski definition) is 2. The standard InChI is InChI=1S/C10H11BrINO4S/c11-8-4-3-7(12)6-9(8)13-18(16,17)5-1-2-10(14)15/h3-4,6,13H,1-2,5H2,(H,14,15). The Morgan fingerprint density at radius 1 is 1.44 bits per heavy atom. The van der Waals surface area contributed by atoms with Crippen LogP contribution in [0.2, 0.25) is 0 Å². The van der Waals surface area contributed by atoms with Crippen LogP contribution < -0.4 is 4.72 Å². The number of benzene rings is 1. The minimum absolute atomic E-state index is 0.0895. The molecule has 1 aromatic rings. The Balaban J connectivity index is 2.70. The van der Waals surface area contributed by atoms with Gasteiger partial charge in [0.05, 0.1) is 11.4 Å². The van der Waals surface area contributed by atoms with E-state index in [0.29, 0.717) is 10.2 Å². The van der Waals surface area contributed by atoms with E-state index in [1.807, 2.05) is 6.07 Å². The summed E-state index contributed by atoms with van der Waals surface area (Å²) in [4.78, 5) is 10.3.